The molecule has 2 aromatic carbocycles. The van der Waals surface area contributed by atoms with Gasteiger partial charge in [-0.3, -0.25) is 0 Å². The summed E-state index contributed by atoms with van der Waals surface area (Å²) in [7, 11) is -3.18. The molecule has 4 rings (SSSR count). The maximum absolute atomic E-state index is 11.6. The Kier molecular flexibility index (Phi) is 6.43. The van der Waals surface area contributed by atoms with E-state index in [9.17, 15) is 8.42 Å². The highest BCUT2D eigenvalue weighted by Crippen LogP contribution is 2.26. The zero-order valence-electron chi connectivity index (χ0n) is 17.2. The second-order valence-electron chi connectivity index (χ2n) is 7.76. The van der Waals surface area contributed by atoms with E-state index in [4.69, 9.17) is 16.3 Å². The number of piperidine rings is 1. The molecule has 0 saturated carbocycles. The SMILES string of the molecule is CS(=O)(=O)c1ccc(-c2ccc(OCC3CCN(c4cc(Cl)ncn4)CC3)cc2)cc1. The minimum absolute atomic E-state index is 0.324. The molecule has 1 aliphatic rings. The molecule has 0 aliphatic carbocycles. The van der Waals surface area contributed by atoms with Crippen LogP contribution in [0.2, 0.25) is 5.15 Å². The molecule has 1 aliphatic heterocycles. The number of ether oxygens (including phenoxy) is 1. The molecule has 2 heterocycles. The Hall–Kier alpha value is -2.64. The Balaban J connectivity index is 1.29. The van der Waals surface area contributed by atoms with Gasteiger partial charge < -0.3 is 9.64 Å². The number of nitrogens with zero attached hydrogens (tertiary/aromatic N) is 3. The second kappa shape index (κ2) is 9.24. The van der Waals surface area contributed by atoms with Crippen LogP contribution in [0.5, 0.6) is 5.75 Å². The Labute approximate surface area is 187 Å². The van der Waals surface area contributed by atoms with Gasteiger partial charge in [-0.25, -0.2) is 18.4 Å². The summed E-state index contributed by atoms with van der Waals surface area (Å²) in [5.74, 6) is 2.21. The summed E-state index contributed by atoms with van der Waals surface area (Å²) in [6, 6.07) is 16.6. The first kappa shape index (κ1) is 21.6. The van der Waals surface area contributed by atoms with Gasteiger partial charge in [0.1, 0.15) is 23.0 Å². The van der Waals surface area contributed by atoms with Gasteiger partial charge in [0.15, 0.2) is 9.84 Å². The van der Waals surface area contributed by atoms with Crippen molar-refractivity contribution in [2.75, 3.05) is 30.9 Å². The summed E-state index contributed by atoms with van der Waals surface area (Å²) in [4.78, 5) is 10.8. The molecule has 0 unspecified atom stereocenters. The van der Waals surface area contributed by atoms with Gasteiger partial charge in [-0.15, -0.1) is 0 Å². The minimum atomic E-state index is -3.18. The van der Waals surface area contributed by atoms with Gasteiger partial charge >= 0.3 is 0 Å². The van der Waals surface area contributed by atoms with Crippen LogP contribution in [-0.2, 0) is 9.84 Å². The van der Waals surface area contributed by atoms with Crippen LogP contribution in [0.15, 0.2) is 65.8 Å². The van der Waals surface area contributed by atoms with E-state index < -0.39 is 9.84 Å². The van der Waals surface area contributed by atoms with Gasteiger partial charge in [-0.05, 0) is 54.2 Å². The predicted molar refractivity (Wildman–Crippen MR) is 122 cm³/mol. The number of rotatable bonds is 6. The first-order valence-corrected chi connectivity index (χ1v) is 12.4. The molecule has 0 amide bonds. The molecule has 0 N–H and O–H groups in total. The number of hydrogen-bond donors (Lipinski definition) is 0. The van der Waals surface area contributed by atoms with Crippen LogP contribution in [0.3, 0.4) is 0 Å². The van der Waals surface area contributed by atoms with Crippen LogP contribution in [0.25, 0.3) is 11.1 Å². The van der Waals surface area contributed by atoms with Crippen molar-refractivity contribution >= 4 is 27.3 Å². The van der Waals surface area contributed by atoms with E-state index in [-0.39, 0.29) is 0 Å². The average molecular weight is 458 g/mol. The lowest BCUT2D eigenvalue weighted by Gasteiger charge is -2.32. The van der Waals surface area contributed by atoms with Gasteiger partial charge in [-0.1, -0.05) is 35.9 Å². The maximum Gasteiger partial charge on any atom is 0.175 e. The number of benzene rings is 2. The van der Waals surface area contributed by atoms with Crippen LogP contribution < -0.4 is 9.64 Å². The fraction of sp³-hybridized carbons (Fsp3) is 0.304. The molecule has 0 atom stereocenters. The normalized spacial score (nSPS) is 15.1. The Morgan fingerprint density at radius 1 is 1.00 bits per heavy atom. The predicted octanol–water partition coefficient (Wildman–Crippen LogP) is 4.50. The molecule has 1 fully saturated rings. The molecule has 0 bridgehead atoms. The Morgan fingerprint density at radius 2 is 1.61 bits per heavy atom. The van der Waals surface area contributed by atoms with E-state index >= 15 is 0 Å². The van der Waals surface area contributed by atoms with Crippen molar-refractivity contribution in [1.29, 1.82) is 0 Å². The van der Waals surface area contributed by atoms with Crippen molar-refractivity contribution in [3.05, 3.63) is 66.1 Å². The van der Waals surface area contributed by atoms with Crippen molar-refractivity contribution in [3.63, 3.8) is 0 Å². The Bertz CT molecular complexity index is 1130. The van der Waals surface area contributed by atoms with Gasteiger partial charge in [0.25, 0.3) is 0 Å². The first-order chi connectivity index (χ1) is 14.9. The largest absolute Gasteiger partial charge is 0.493 e. The first-order valence-electron chi connectivity index (χ1n) is 10.1. The highest BCUT2D eigenvalue weighted by molar-refractivity contribution is 7.90. The fourth-order valence-corrected chi connectivity index (χ4v) is 4.45. The maximum atomic E-state index is 11.6. The van der Waals surface area contributed by atoms with E-state index in [2.05, 4.69) is 14.9 Å². The third-order valence-electron chi connectivity index (χ3n) is 5.51. The average Bonchev–Trinajstić information content (AvgIpc) is 2.78. The topological polar surface area (TPSA) is 72.4 Å². The van der Waals surface area contributed by atoms with Crippen LogP contribution >= 0.6 is 11.6 Å². The summed E-state index contributed by atoms with van der Waals surface area (Å²) in [6.45, 7) is 2.52. The molecular weight excluding hydrogens is 434 g/mol. The lowest BCUT2D eigenvalue weighted by Crippen LogP contribution is -2.36. The molecule has 0 radical (unpaired) electrons. The fourth-order valence-electron chi connectivity index (χ4n) is 3.68. The second-order valence-corrected chi connectivity index (χ2v) is 10.2. The number of hydrogen-bond acceptors (Lipinski definition) is 6. The van der Waals surface area contributed by atoms with E-state index in [1.54, 1.807) is 18.2 Å². The molecule has 0 spiro atoms. The highest BCUT2D eigenvalue weighted by atomic mass is 35.5. The lowest BCUT2D eigenvalue weighted by atomic mass is 9.98. The molecular formula is C23H24ClN3O3S. The van der Waals surface area contributed by atoms with Crippen molar-refractivity contribution in [3.8, 4) is 16.9 Å². The van der Waals surface area contributed by atoms with E-state index in [1.165, 1.54) is 12.6 Å². The molecule has 1 saturated heterocycles. The number of anilines is 1. The van der Waals surface area contributed by atoms with E-state index in [0.29, 0.717) is 22.6 Å². The monoisotopic (exact) mass is 457 g/mol. The van der Waals surface area contributed by atoms with Gasteiger partial charge in [0, 0.05) is 25.4 Å². The van der Waals surface area contributed by atoms with Crippen molar-refractivity contribution in [2.45, 2.75) is 17.7 Å². The third kappa shape index (κ3) is 5.54. The molecule has 31 heavy (non-hydrogen) atoms. The van der Waals surface area contributed by atoms with Crippen molar-refractivity contribution in [2.24, 2.45) is 5.92 Å². The summed E-state index contributed by atoms with van der Waals surface area (Å²) in [5, 5.41) is 0.463. The van der Waals surface area contributed by atoms with Crippen LogP contribution in [0.1, 0.15) is 12.8 Å². The quantitative estimate of drug-likeness (QED) is 0.507. The highest BCUT2D eigenvalue weighted by Gasteiger charge is 2.21. The van der Waals surface area contributed by atoms with Crippen molar-refractivity contribution in [1.82, 2.24) is 9.97 Å². The van der Waals surface area contributed by atoms with Gasteiger partial charge in [-0.2, -0.15) is 0 Å². The van der Waals surface area contributed by atoms with Crippen molar-refractivity contribution < 1.29 is 13.2 Å². The number of sulfone groups is 1. The van der Waals surface area contributed by atoms with Gasteiger partial charge in [0.05, 0.1) is 11.5 Å². The summed E-state index contributed by atoms with van der Waals surface area (Å²) in [5.41, 5.74) is 1.99. The summed E-state index contributed by atoms with van der Waals surface area (Å²) < 4.78 is 29.2. The van der Waals surface area contributed by atoms with E-state index in [1.807, 2.05) is 36.4 Å². The molecule has 3 aromatic rings. The van der Waals surface area contributed by atoms with Crippen LogP contribution in [0.4, 0.5) is 5.82 Å². The third-order valence-corrected chi connectivity index (χ3v) is 6.85. The number of aromatic nitrogens is 2. The Morgan fingerprint density at radius 3 is 2.19 bits per heavy atom. The standard InChI is InChI=1S/C23H24ClN3O3S/c1-31(28,29)21-8-4-19(5-9-21)18-2-6-20(7-3-18)30-15-17-10-12-27(13-11-17)23-14-22(24)25-16-26-23/h2-9,14,16-17H,10-13,15H2,1H3. The van der Waals surface area contributed by atoms with Crippen LogP contribution in [0, 0.1) is 5.92 Å². The summed E-state index contributed by atoms with van der Waals surface area (Å²) in [6.07, 6.45) is 4.78. The molecule has 1 aromatic heterocycles. The minimum Gasteiger partial charge on any atom is -0.493 e. The van der Waals surface area contributed by atoms with Crippen LogP contribution in [-0.4, -0.2) is 44.3 Å². The zero-order valence-corrected chi connectivity index (χ0v) is 18.8. The zero-order chi connectivity index (χ0) is 21.8. The molecule has 8 heteroatoms. The summed E-state index contributed by atoms with van der Waals surface area (Å²) >= 11 is 5.96. The smallest absolute Gasteiger partial charge is 0.175 e. The van der Waals surface area contributed by atoms with Gasteiger partial charge in [0.2, 0.25) is 0 Å². The molecule has 6 nitrogen and oxygen atoms in total. The number of halogens is 1. The lowest BCUT2D eigenvalue weighted by molar-refractivity contribution is 0.222. The van der Waals surface area contributed by atoms with E-state index in [0.717, 1.165) is 48.6 Å². The molecule has 162 valence electrons.